The monoisotopic (exact) mass is 893 g/mol. The van der Waals surface area contributed by atoms with Gasteiger partial charge in [0.05, 0.1) is 41.4 Å². The number of carbonyl (C=O) groups is 4. The fraction of sp³-hybridized carbons (Fsp3) is 0.551. The van der Waals surface area contributed by atoms with Crippen LogP contribution in [0.3, 0.4) is 0 Å². The highest BCUT2D eigenvalue weighted by atomic mass is 19.1. The van der Waals surface area contributed by atoms with Crippen LogP contribution in [0.15, 0.2) is 41.3 Å². The molecule has 1 aliphatic carbocycles. The number of hydrogen-bond donors (Lipinski definition) is 3. The average Bonchev–Trinajstić information content (AvgIpc) is 3.73. The van der Waals surface area contributed by atoms with E-state index in [9.17, 15) is 28.4 Å². The van der Waals surface area contributed by atoms with Gasteiger partial charge in [-0.2, -0.15) is 0 Å². The molecule has 16 heteroatoms. The molecule has 3 saturated heterocycles. The molecule has 4 aliphatic rings. The largest absolute Gasteiger partial charge is 0.496 e. The Morgan fingerprint density at radius 2 is 1.77 bits per heavy atom. The standard InChI is InChI=1S/C49H60FN7O8/c1-4-34-38(53-47(61)44(34)50)28-65-48-36-26-42(63-3)37(45(51)59)25-35(36)32(27-52-48)13-11-29-7-9-30(10-8-29)17-20-56-21-18-33(19-22-56)64-23-5-6-31-12-14-39-41(24-31)55(2)49(62)57(39)40-15-16-43(58)54-46(40)60/h12,14,24-27,29-30,33-34,38,40,44H,4-10,15-23,28H2,1-3H3,(H2,51,59)(H,53,61)(H,54,58,60)/t29?,30?,34-,38+,40?,44-/m0/s1. The van der Waals surface area contributed by atoms with Crippen molar-refractivity contribution in [1.29, 1.82) is 0 Å². The van der Waals surface area contributed by atoms with Crippen molar-refractivity contribution in [3.63, 3.8) is 0 Å². The van der Waals surface area contributed by atoms with Crippen molar-refractivity contribution >= 4 is 45.4 Å². The number of hydrogen-bond acceptors (Lipinski definition) is 10. The molecule has 4 N–H and O–H groups in total. The lowest BCUT2D eigenvalue weighted by molar-refractivity contribution is -0.135. The summed E-state index contributed by atoms with van der Waals surface area (Å²) in [6.07, 6.45) is 10.5. The molecule has 15 nitrogen and oxygen atoms in total. The average molecular weight is 894 g/mol. The van der Waals surface area contributed by atoms with Gasteiger partial charge < -0.3 is 30.2 Å². The lowest BCUT2D eigenvalue weighted by Gasteiger charge is -2.33. The Bertz CT molecular complexity index is 2560. The number of rotatable bonds is 15. The molecule has 3 aliphatic heterocycles. The zero-order valence-electron chi connectivity index (χ0n) is 37.5. The van der Waals surface area contributed by atoms with Crippen molar-refractivity contribution < 1.29 is 37.8 Å². The number of halogens is 1. The second kappa shape index (κ2) is 20.2. The third-order valence-corrected chi connectivity index (χ3v) is 14.1. The molecule has 4 aromatic rings. The first kappa shape index (κ1) is 45.8. The van der Waals surface area contributed by atoms with Crippen LogP contribution < -0.4 is 31.5 Å². The van der Waals surface area contributed by atoms with E-state index in [1.165, 1.54) is 18.1 Å². The third-order valence-electron chi connectivity index (χ3n) is 14.1. The zero-order valence-corrected chi connectivity index (χ0v) is 37.5. The van der Waals surface area contributed by atoms with E-state index in [2.05, 4.69) is 32.4 Å². The molecule has 4 fully saturated rings. The lowest BCUT2D eigenvalue weighted by atomic mass is 9.80. The van der Waals surface area contributed by atoms with Crippen molar-refractivity contribution in [3.05, 3.63) is 63.7 Å². The van der Waals surface area contributed by atoms with Crippen molar-refractivity contribution in [2.75, 3.05) is 40.0 Å². The molecule has 346 valence electrons. The quantitative estimate of drug-likeness (QED) is 0.0844. The van der Waals surface area contributed by atoms with E-state index in [-0.39, 0.29) is 53.8 Å². The number of ether oxygens (including phenoxy) is 3. The van der Waals surface area contributed by atoms with E-state index in [0.717, 1.165) is 82.1 Å². The van der Waals surface area contributed by atoms with Gasteiger partial charge in [-0.3, -0.25) is 33.6 Å². The van der Waals surface area contributed by atoms with Crippen LogP contribution in [0.1, 0.15) is 105 Å². The number of carbonyl (C=O) groups excluding carboxylic acids is 4. The van der Waals surface area contributed by atoms with Crippen molar-refractivity contribution in [2.24, 2.45) is 30.5 Å². The van der Waals surface area contributed by atoms with Crippen molar-refractivity contribution in [1.82, 2.24) is 29.7 Å². The molecule has 4 amide bonds. The summed E-state index contributed by atoms with van der Waals surface area (Å²) >= 11 is 0. The molecule has 0 spiro atoms. The first-order valence-corrected chi connectivity index (χ1v) is 23.2. The van der Waals surface area contributed by atoms with Crippen LogP contribution in [-0.2, 0) is 32.6 Å². The number of imidazole rings is 1. The molecule has 1 unspecified atom stereocenters. The maximum Gasteiger partial charge on any atom is 0.329 e. The number of likely N-dealkylation sites (tertiary alicyclic amines) is 1. The Kier molecular flexibility index (Phi) is 14.2. The fourth-order valence-electron chi connectivity index (χ4n) is 10.2. The number of amides is 4. The van der Waals surface area contributed by atoms with Gasteiger partial charge in [-0.25, -0.2) is 14.2 Å². The summed E-state index contributed by atoms with van der Waals surface area (Å²) in [5.74, 6) is 5.79. The number of imide groups is 1. The second-order valence-electron chi connectivity index (χ2n) is 18.1. The number of nitrogens with two attached hydrogens (primary N) is 1. The van der Waals surface area contributed by atoms with Crippen molar-refractivity contribution in [2.45, 2.75) is 108 Å². The maximum absolute atomic E-state index is 14.4. The summed E-state index contributed by atoms with van der Waals surface area (Å²) in [5, 5.41) is 6.28. The summed E-state index contributed by atoms with van der Waals surface area (Å²) in [6.45, 7) is 5.70. The number of benzene rings is 2. The summed E-state index contributed by atoms with van der Waals surface area (Å²) in [6, 6.07) is 8.07. The zero-order chi connectivity index (χ0) is 45.8. The minimum Gasteiger partial charge on any atom is -0.496 e. The first-order valence-electron chi connectivity index (χ1n) is 23.2. The molecule has 5 heterocycles. The molecule has 2 aromatic heterocycles. The SMILES string of the molecule is CC[C@@H]1[C@H](F)C(=O)N[C@@H]1COc1ncc(C#CC2CCC(CCN3CCC(OCCCc4ccc5c(c4)n(C)c(=O)n5C4CCC(=O)NC4=O)CC3)CC2)c2cc(C(N)=O)c(OC)cc12. The third kappa shape index (κ3) is 10.1. The van der Waals surface area contributed by atoms with Gasteiger partial charge in [-0.05, 0) is 113 Å². The Morgan fingerprint density at radius 3 is 2.49 bits per heavy atom. The molecule has 65 heavy (non-hydrogen) atoms. The fourth-order valence-corrected chi connectivity index (χ4v) is 10.2. The molecular weight excluding hydrogens is 834 g/mol. The van der Waals surface area contributed by atoms with Crippen LogP contribution in [0.4, 0.5) is 4.39 Å². The Hall–Kier alpha value is -5.79. The number of methoxy groups -OCH3 is 1. The van der Waals surface area contributed by atoms with Gasteiger partial charge in [-0.15, -0.1) is 0 Å². The van der Waals surface area contributed by atoms with Gasteiger partial charge in [-0.1, -0.05) is 24.8 Å². The second-order valence-corrected chi connectivity index (χ2v) is 18.1. The molecule has 0 bridgehead atoms. The Labute approximate surface area is 377 Å². The van der Waals surface area contributed by atoms with Crippen molar-refractivity contribution in [3.8, 4) is 23.5 Å². The van der Waals surface area contributed by atoms with Crippen LogP contribution in [0.5, 0.6) is 11.6 Å². The number of pyridine rings is 1. The van der Waals surface area contributed by atoms with Gasteiger partial charge in [0.2, 0.25) is 17.7 Å². The number of fused-ring (bicyclic) bond motifs is 2. The summed E-state index contributed by atoms with van der Waals surface area (Å²) in [7, 11) is 3.17. The highest BCUT2D eigenvalue weighted by Gasteiger charge is 2.42. The molecule has 0 radical (unpaired) electrons. The summed E-state index contributed by atoms with van der Waals surface area (Å²) < 4.78 is 35.4. The van der Waals surface area contributed by atoms with Crippen LogP contribution >= 0.6 is 0 Å². The van der Waals surface area contributed by atoms with E-state index >= 15 is 0 Å². The van der Waals surface area contributed by atoms with Gasteiger partial charge >= 0.3 is 5.69 Å². The number of aromatic nitrogens is 3. The Morgan fingerprint density at radius 1 is 0.985 bits per heavy atom. The van der Waals surface area contributed by atoms with Crippen LogP contribution in [0.2, 0.25) is 0 Å². The highest BCUT2D eigenvalue weighted by molar-refractivity contribution is 6.03. The molecule has 2 aromatic carbocycles. The van der Waals surface area contributed by atoms with E-state index in [0.29, 0.717) is 47.2 Å². The number of aryl methyl sites for hydroxylation is 2. The predicted octanol–water partition coefficient (Wildman–Crippen LogP) is 4.88. The van der Waals surface area contributed by atoms with E-state index in [1.807, 2.05) is 25.1 Å². The number of nitrogens with zero attached hydrogens (tertiary/aromatic N) is 4. The van der Waals surface area contributed by atoms with Crippen LogP contribution in [0.25, 0.3) is 21.8 Å². The normalized spacial score (nSPS) is 24.2. The van der Waals surface area contributed by atoms with E-state index in [4.69, 9.17) is 19.9 Å². The van der Waals surface area contributed by atoms with Gasteiger partial charge in [0.25, 0.3) is 11.8 Å². The maximum atomic E-state index is 14.4. The molecular formula is C49H60FN7O8. The minimum absolute atomic E-state index is 0.0376. The molecule has 4 atom stereocenters. The van der Waals surface area contributed by atoms with Crippen LogP contribution in [0, 0.1) is 29.6 Å². The van der Waals surface area contributed by atoms with E-state index in [1.54, 1.807) is 29.9 Å². The number of alkyl halides is 1. The summed E-state index contributed by atoms with van der Waals surface area (Å²) in [4.78, 5) is 68.9. The van der Waals surface area contributed by atoms with Gasteiger partial charge in [0.15, 0.2) is 6.17 Å². The predicted molar refractivity (Wildman–Crippen MR) is 242 cm³/mol. The number of nitrogens with one attached hydrogen (secondary N) is 2. The van der Waals surface area contributed by atoms with Gasteiger partial charge in [0.1, 0.15) is 18.4 Å². The van der Waals surface area contributed by atoms with Crippen LogP contribution in [-0.4, -0.2) is 101 Å². The first-order chi connectivity index (χ1) is 31.4. The topological polar surface area (TPSA) is 189 Å². The number of piperidine rings is 2. The molecule has 1 saturated carbocycles. The molecule has 8 rings (SSSR count). The van der Waals surface area contributed by atoms with E-state index < -0.39 is 41.9 Å². The highest BCUT2D eigenvalue weighted by Crippen LogP contribution is 2.35. The number of primary amides is 1. The van der Waals surface area contributed by atoms with Gasteiger partial charge in [0, 0.05) is 62.0 Å². The Balaban J connectivity index is 0.777. The minimum atomic E-state index is -1.58. The smallest absolute Gasteiger partial charge is 0.329 e. The lowest BCUT2D eigenvalue weighted by Crippen LogP contribution is -2.44. The summed E-state index contributed by atoms with van der Waals surface area (Å²) in [5.41, 5.74) is 8.89.